The van der Waals surface area contributed by atoms with E-state index in [2.05, 4.69) is 5.32 Å². The standard InChI is InChI=1S/C17H19ClFN/c1-4-20-17(13-6-5-7-14(18)10-13)16-12(3)8-11(2)9-15(16)19/h5-10,17,20H,4H2,1-3H3. The Morgan fingerprint density at radius 2 is 1.95 bits per heavy atom. The zero-order valence-electron chi connectivity index (χ0n) is 12.0. The molecule has 0 aliphatic carbocycles. The molecule has 1 atom stereocenters. The lowest BCUT2D eigenvalue weighted by Gasteiger charge is -2.22. The van der Waals surface area contributed by atoms with Gasteiger partial charge in [0.25, 0.3) is 0 Å². The molecule has 1 unspecified atom stereocenters. The smallest absolute Gasteiger partial charge is 0.128 e. The average molecular weight is 292 g/mol. The van der Waals surface area contributed by atoms with Gasteiger partial charge in [-0.25, -0.2) is 4.39 Å². The van der Waals surface area contributed by atoms with Crippen molar-refractivity contribution < 1.29 is 4.39 Å². The van der Waals surface area contributed by atoms with Gasteiger partial charge in [-0.05, 0) is 55.3 Å². The molecule has 20 heavy (non-hydrogen) atoms. The molecule has 0 saturated carbocycles. The lowest BCUT2D eigenvalue weighted by atomic mass is 9.93. The Morgan fingerprint density at radius 3 is 2.55 bits per heavy atom. The van der Waals surface area contributed by atoms with Crippen LogP contribution in [0.5, 0.6) is 0 Å². The van der Waals surface area contributed by atoms with Gasteiger partial charge in [-0.1, -0.05) is 36.7 Å². The molecule has 0 radical (unpaired) electrons. The van der Waals surface area contributed by atoms with Gasteiger partial charge >= 0.3 is 0 Å². The SMILES string of the molecule is CCNC(c1cccc(Cl)c1)c1c(C)cc(C)cc1F. The summed E-state index contributed by atoms with van der Waals surface area (Å²) in [5.41, 5.74) is 3.56. The van der Waals surface area contributed by atoms with Gasteiger partial charge in [-0.2, -0.15) is 0 Å². The summed E-state index contributed by atoms with van der Waals surface area (Å²) in [5.74, 6) is -0.173. The molecule has 0 amide bonds. The van der Waals surface area contributed by atoms with Crippen LogP contribution in [-0.2, 0) is 0 Å². The minimum atomic E-state index is -0.181. The Hall–Kier alpha value is -1.38. The van der Waals surface area contributed by atoms with Crippen molar-refractivity contribution in [3.05, 3.63) is 69.5 Å². The molecule has 0 aliphatic rings. The average Bonchev–Trinajstić information content (AvgIpc) is 2.36. The number of benzene rings is 2. The molecule has 0 saturated heterocycles. The highest BCUT2D eigenvalue weighted by Gasteiger charge is 2.19. The molecule has 0 aromatic heterocycles. The summed E-state index contributed by atoms with van der Waals surface area (Å²) in [7, 11) is 0. The van der Waals surface area contributed by atoms with Crippen molar-refractivity contribution in [3.8, 4) is 0 Å². The van der Waals surface area contributed by atoms with Gasteiger partial charge in [0.15, 0.2) is 0 Å². The molecule has 0 fully saturated rings. The number of hydrogen-bond acceptors (Lipinski definition) is 1. The largest absolute Gasteiger partial charge is 0.306 e. The molecule has 2 aromatic carbocycles. The molecule has 0 spiro atoms. The first-order chi connectivity index (χ1) is 9.52. The highest BCUT2D eigenvalue weighted by atomic mass is 35.5. The van der Waals surface area contributed by atoms with E-state index in [1.54, 1.807) is 6.07 Å². The molecule has 2 rings (SSSR count). The van der Waals surface area contributed by atoms with Crippen molar-refractivity contribution in [3.63, 3.8) is 0 Å². The topological polar surface area (TPSA) is 12.0 Å². The molecule has 2 aromatic rings. The Labute approximate surface area is 124 Å². The van der Waals surface area contributed by atoms with Crippen molar-refractivity contribution in [1.82, 2.24) is 5.32 Å². The maximum atomic E-state index is 14.4. The highest BCUT2D eigenvalue weighted by Crippen LogP contribution is 2.29. The fourth-order valence-electron chi connectivity index (χ4n) is 2.57. The van der Waals surface area contributed by atoms with E-state index in [0.29, 0.717) is 10.6 Å². The van der Waals surface area contributed by atoms with E-state index in [9.17, 15) is 4.39 Å². The fraction of sp³-hybridized carbons (Fsp3) is 0.294. The monoisotopic (exact) mass is 291 g/mol. The van der Waals surface area contributed by atoms with Crippen molar-refractivity contribution in [2.45, 2.75) is 26.8 Å². The zero-order chi connectivity index (χ0) is 14.7. The van der Waals surface area contributed by atoms with Gasteiger partial charge in [-0.15, -0.1) is 0 Å². The normalized spacial score (nSPS) is 12.4. The first-order valence-corrected chi connectivity index (χ1v) is 7.16. The first kappa shape index (κ1) is 15.0. The summed E-state index contributed by atoms with van der Waals surface area (Å²) in [5, 5.41) is 4.01. The molecule has 1 nitrogen and oxygen atoms in total. The molecular weight excluding hydrogens is 273 g/mol. The van der Waals surface area contributed by atoms with E-state index in [4.69, 9.17) is 11.6 Å². The van der Waals surface area contributed by atoms with Crippen molar-refractivity contribution in [2.75, 3.05) is 6.54 Å². The zero-order valence-corrected chi connectivity index (χ0v) is 12.8. The van der Waals surface area contributed by atoms with Gasteiger partial charge in [0, 0.05) is 10.6 Å². The minimum absolute atomic E-state index is 0.173. The second kappa shape index (κ2) is 6.38. The molecule has 106 valence electrons. The van der Waals surface area contributed by atoms with E-state index >= 15 is 0 Å². The fourth-order valence-corrected chi connectivity index (χ4v) is 2.77. The van der Waals surface area contributed by atoms with Crippen LogP contribution >= 0.6 is 11.6 Å². The Bertz CT molecular complexity index is 587. The van der Waals surface area contributed by atoms with Crippen LogP contribution in [0.15, 0.2) is 36.4 Å². The predicted molar refractivity (Wildman–Crippen MR) is 82.8 cm³/mol. The summed E-state index contributed by atoms with van der Waals surface area (Å²) >= 11 is 6.06. The third-order valence-corrected chi connectivity index (χ3v) is 3.59. The highest BCUT2D eigenvalue weighted by molar-refractivity contribution is 6.30. The molecule has 1 N–H and O–H groups in total. The van der Waals surface area contributed by atoms with Crippen molar-refractivity contribution in [2.24, 2.45) is 0 Å². The van der Waals surface area contributed by atoms with Crippen LogP contribution in [0.1, 0.15) is 35.2 Å². The maximum Gasteiger partial charge on any atom is 0.128 e. The Balaban J connectivity index is 2.54. The van der Waals surface area contributed by atoms with Crippen LogP contribution in [0.25, 0.3) is 0 Å². The van der Waals surface area contributed by atoms with Crippen LogP contribution in [0, 0.1) is 19.7 Å². The van der Waals surface area contributed by atoms with E-state index in [1.165, 1.54) is 0 Å². The molecule has 0 bridgehead atoms. The van der Waals surface area contributed by atoms with Crippen LogP contribution < -0.4 is 5.32 Å². The van der Waals surface area contributed by atoms with Crippen molar-refractivity contribution in [1.29, 1.82) is 0 Å². The quantitative estimate of drug-likeness (QED) is 0.853. The van der Waals surface area contributed by atoms with E-state index < -0.39 is 0 Å². The molecule has 0 heterocycles. The van der Waals surface area contributed by atoms with Crippen LogP contribution in [0.2, 0.25) is 5.02 Å². The molecule has 3 heteroatoms. The maximum absolute atomic E-state index is 14.4. The lowest BCUT2D eigenvalue weighted by molar-refractivity contribution is 0.555. The summed E-state index contributed by atoms with van der Waals surface area (Å²) in [6.45, 7) is 6.62. The third-order valence-electron chi connectivity index (χ3n) is 3.36. The number of aryl methyl sites for hydroxylation is 2. The van der Waals surface area contributed by atoms with E-state index in [0.717, 1.165) is 23.2 Å². The van der Waals surface area contributed by atoms with Gasteiger partial charge in [-0.3, -0.25) is 0 Å². The van der Waals surface area contributed by atoms with Crippen LogP contribution in [-0.4, -0.2) is 6.54 Å². The van der Waals surface area contributed by atoms with Gasteiger partial charge in [0.2, 0.25) is 0 Å². The van der Waals surface area contributed by atoms with Crippen LogP contribution in [0.4, 0.5) is 4.39 Å². The summed E-state index contributed by atoms with van der Waals surface area (Å²) in [6, 6.07) is 11.0. The molecule has 0 aliphatic heterocycles. The van der Waals surface area contributed by atoms with E-state index in [-0.39, 0.29) is 11.9 Å². The second-order valence-electron chi connectivity index (χ2n) is 5.02. The third kappa shape index (κ3) is 3.20. The Morgan fingerprint density at radius 1 is 1.20 bits per heavy atom. The summed E-state index contributed by atoms with van der Waals surface area (Å²) in [6.07, 6.45) is 0. The first-order valence-electron chi connectivity index (χ1n) is 6.78. The predicted octanol–water partition coefficient (Wildman–Crippen LogP) is 4.79. The number of rotatable bonds is 4. The van der Waals surface area contributed by atoms with Crippen LogP contribution in [0.3, 0.4) is 0 Å². The summed E-state index contributed by atoms with van der Waals surface area (Å²) in [4.78, 5) is 0. The van der Waals surface area contributed by atoms with Gasteiger partial charge < -0.3 is 5.32 Å². The summed E-state index contributed by atoms with van der Waals surface area (Å²) < 4.78 is 14.4. The lowest BCUT2D eigenvalue weighted by Crippen LogP contribution is -2.24. The number of nitrogens with one attached hydrogen (secondary N) is 1. The minimum Gasteiger partial charge on any atom is -0.306 e. The van der Waals surface area contributed by atoms with Crippen molar-refractivity contribution >= 4 is 11.6 Å². The molecular formula is C17H19ClFN. The van der Waals surface area contributed by atoms with Gasteiger partial charge in [0.05, 0.1) is 6.04 Å². The Kier molecular flexibility index (Phi) is 4.79. The van der Waals surface area contributed by atoms with Gasteiger partial charge in [0.1, 0.15) is 5.82 Å². The number of halogens is 2. The number of hydrogen-bond donors (Lipinski definition) is 1. The second-order valence-corrected chi connectivity index (χ2v) is 5.46. The van der Waals surface area contributed by atoms with E-state index in [1.807, 2.05) is 51.1 Å².